The van der Waals surface area contributed by atoms with Crippen LogP contribution in [0.2, 0.25) is 0 Å². The number of hydrogen-bond acceptors (Lipinski definition) is 3. The highest BCUT2D eigenvalue weighted by Gasteiger charge is 2.28. The molecule has 0 radical (unpaired) electrons. The molecule has 0 N–H and O–H groups in total. The molecule has 0 aliphatic carbocycles. The number of amides is 1. The van der Waals surface area contributed by atoms with Crippen molar-refractivity contribution in [1.29, 1.82) is 0 Å². The number of methoxy groups -OCH3 is 1. The van der Waals surface area contributed by atoms with Gasteiger partial charge in [0.15, 0.2) is 0 Å². The molecule has 0 bridgehead atoms. The van der Waals surface area contributed by atoms with Crippen LogP contribution in [0.15, 0.2) is 47.9 Å². The highest BCUT2D eigenvalue weighted by atomic mass is 16.5. The largest absolute Gasteiger partial charge is 0.504 e. The van der Waals surface area contributed by atoms with Crippen LogP contribution in [-0.2, 0) is 9.53 Å². The maximum atomic E-state index is 12.2. The van der Waals surface area contributed by atoms with Crippen molar-refractivity contribution in [1.82, 2.24) is 4.90 Å². The van der Waals surface area contributed by atoms with Crippen LogP contribution in [0.1, 0.15) is 16.8 Å². The maximum Gasteiger partial charge on any atom is 0.258 e. The zero-order chi connectivity index (χ0) is 13.0. The standard InChI is InChI=1S/C14H13NO3/c1-18-10-11-7-13(9-16)15(8-11)14(17)12-5-3-2-4-6-12/h2-6,10H,7-8H2,1H3. The summed E-state index contributed by atoms with van der Waals surface area (Å²) in [5, 5.41) is 0. The molecule has 4 heteroatoms. The first-order chi connectivity index (χ1) is 8.76. The highest BCUT2D eigenvalue weighted by molar-refractivity contribution is 5.96. The van der Waals surface area contributed by atoms with Gasteiger partial charge in [-0.3, -0.25) is 9.69 Å². The molecule has 0 spiro atoms. The van der Waals surface area contributed by atoms with Crippen molar-refractivity contribution >= 4 is 11.8 Å². The Morgan fingerprint density at radius 2 is 2.11 bits per heavy atom. The fourth-order valence-corrected chi connectivity index (χ4v) is 1.93. The molecule has 0 atom stereocenters. The molecule has 1 aromatic carbocycles. The van der Waals surface area contributed by atoms with E-state index in [-0.39, 0.29) is 5.91 Å². The second kappa shape index (κ2) is 5.34. The van der Waals surface area contributed by atoms with Crippen LogP contribution in [0.4, 0.5) is 0 Å². The number of nitrogens with zero attached hydrogens (tertiary/aromatic N) is 1. The predicted octanol–water partition coefficient (Wildman–Crippen LogP) is 1.78. The van der Waals surface area contributed by atoms with Crippen molar-refractivity contribution in [3.05, 3.63) is 53.4 Å². The predicted molar refractivity (Wildman–Crippen MR) is 66.4 cm³/mol. The topological polar surface area (TPSA) is 46.6 Å². The molecule has 1 amide bonds. The van der Waals surface area contributed by atoms with Gasteiger partial charge in [-0.15, -0.1) is 0 Å². The molecule has 1 aliphatic heterocycles. The number of allylic oxidation sites excluding steroid dienone is 1. The Morgan fingerprint density at radius 3 is 2.72 bits per heavy atom. The second-order valence-electron chi connectivity index (χ2n) is 3.99. The number of hydrogen-bond donors (Lipinski definition) is 0. The minimum absolute atomic E-state index is 0.187. The molecular formula is C14H13NO3. The van der Waals surface area contributed by atoms with Crippen LogP contribution in [0.3, 0.4) is 0 Å². The van der Waals surface area contributed by atoms with E-state index >= 15 is 0 Å². The Bertz CT molecular complexity index is 527. The Morgan fingerprint density at radius 1 is 1.39 bits per heavy atom. The van der Waals surface area contributed by atoms with Crippen molar-refractivity contribution in [3.63, 3.8) is 0 Å². The summed E-state index contributed by atoms with van der Waals surface area (Å²) in [5.74, 6) is 1.64. The summed E-state index contributed by atoms with van der Waals surface area (Å²) in [6, 6.07) is 8.87. The zero-order valence-corrected chi connectivity index (χ0v) is 10.1. The zero-order valence-electron chi connectivity index (χ0n) is 10.1. The smallest absolute Gasteiger partial charge is 0.258 e. The van der Waals surface area contributed by atoms with Gasteiger partial charge in [0.05, 0.1) is 19.9 Å². The maximum absolute atomic E-state index is 12.2. The summed E-state index contributed by atoms with van der Waals surface area (Å²) < 4.78 is 4.91. The summed E-state index contributed by atoms with van der Waals surface area (Å²) in [4.78, 5) is 24.5. The van der Waals surface area contributed by atoms with Gasteiger partial charge in [-0.2, -0.15) is 0 Å². The number of likely N-dealkylation sites (tertiary alicyclic amines) is 1. The lowest BCUT2D eigenvalue weighted by atomic mass is 10.2. The van der Waals surface area contributed by atoms with Crippen LogP contribution in [0.25, 0.3) is 0 Å². The quantitative estimate of drug-likeness (QED) is 0.587. The number of benzene rings is 1. The van der Waals surface area contributed by atoms with Crippen molar-refractivity contribution in [3.8, 4) is 0 Å². The highest BCUT2D eigenvalue weighted by Crippen LogP contribution is 2.25. The Labute approximate surface area is 105 Å². The Kier molecular flexibility index (Phi) is 3.60. The molecule has 18 heavy (non-hydrogen) atoms. The molecule has 1 heterocycles. The van der Waals surface area contributed by atoms with Gasteiger partial charge < -0.3 is 4.74 Å². The summed E-state index contributed by atoms with van der Waals surface area (Å²) >= 11 is 0. The molecule has 4 nitrogen and oxygen atoms in total. The summed E-state index contributed by atoms with van der Waals surface area (Å²) in [6.07, 6.45) is 1.98. The normalized spacial score (nSPS) is 16.8. The van der Waals surface area contributed by atoms with Crippen molar-refractivity contribution in [2.45, 2.75) is 6.42 Å². The van der Waals surface area contributed by atoms with Gasteiger partial charge in [0.1, 0.15) is 11.6 Å². The molecular weight excluding hydrogens is 230 g/mol. The molecule has 92 valence electrons. The first kappa shape index (κ1) is 12.1. The van der Waals surface area contributed by atoms with Gasteiger partial charge in [0.25, 0.3) is 5.91 Å². The van der Waals surface area contributed by atoms with Crippen LogP contribution >= 0.6 is 0 Å². The fourth-order valence-electron chi connectivity index (χ4n) is 1.93. The molecule has 1 fully saturated rings. The van der Waals surface area contributed by atoms with E-state index in [1.807, 2.05) is 12.0 Å². The average Bonchev–Trinajstić information content (AvgIpc) is 2.82. The number of carbonyl (C=O) groups excluding carboxylic acids is 2. The van der Waals surface area contributed by atoms with E-state index in [4.69, 9.17) is 4.74 Å². The lowest BCUT2D eigenvalue weighted by molar-refractivity contribution is 0.0830. The molecule has 1 aliphatic rings. The molecule has 1 saturated heterocycles. The Hall–Kier alpha value is -2.32. The minimum atomic E-state index is -0.187. The average molecular weight is 243 g/mol. The third-order valence-electron chi connectivity index (χ3n) is 2.75. The molecule has 1 aromatic rings. The summed E-state index contributed by atoms with van der Waals surface area (Å²) in [5.41, 5.74) is 1.80. The van der Waals surface area contributed by atoms with Crippen LogP contribution in [0, 0.1) is 0 Å². The lowest BCUT2D eigenvalue weighted by Crippen LogP contribution is -2.26. The number of ether oxygens (including phenoxy) is 1. The third kappa shape index (κ3) is 2.34. The molecule has 2 rings (SSSR count). The van der Waals surface area contributed by atoms with E-state index in [2.05, 4.69) is 0 Å². The van der Waals surface area contributed by atoms with Crippen molar-refractivity contribution in [2.24, 2.45) is 0 Å². The van der Waals surface area contributed by atoms with Gasteiger partial charge in [-0.25, -0.2) is 4.79 Å². The number of carbonyl (C=O) groups is 1. The summed E-state index contributed by atoms with van der Waals surface area (Å²) in [6.45, 7) is 0.381. The van der Waals surface area contributed by atoms with Gasteiger partial charge in [0, 0.05) is 12.0 Å². The van der Waals surface area contributed by atoms with Gasteiger partial charge >= 0.3 is 0 Å². The molecule has 0 aromatic heterocycles. The first-order valence-corrected chi connectivity index (χ1v) is 5.58. The van der Waals surface area contributed by atoms with Crippen LogP contribution in [-0.4, -0.2) is 30.4 Å². The van der Waals surface area contributed by atoms with E-state index in [9.17, 15) is 9.59 Å². The van der Waals surface area contributed by atoms with Crippen molar-refractivity contribution in [2.75, 3.05) is 13.7 Å². The monoisotopic (exact) mass is 243 g/mol. The summed E-state index contributed by atoms with van der Waals surface area (Å²) in [7, 11) is 1.54. The Balaban J connectivity index is 2.26. The fraction of sp³-hybridized carbons (Fsp3) is 0.214. The third-order valence-corrected chi connectivity index (χ3v) is 2.75. The van der Waals surface area contributed by atoms with Gasteiger partial charge in [-0.05, 0) is 17.7 Å². The van der Waals surface area contributed by atoms with E-state index in [1.165, 1.54) is 4.90 Å². The van der Waals surface area contributed by atoms with E-state index in [0.717, 1.165) is 5.57 Å². The molecule has 0 unspecified atom stereocenters. The van der Waals surface area contributed by atoms with E-state index < -0.39 is 0 Å². The van der Waals surface area contributed by atoms with Gasteiger partial charge in [-0.1, -0.05) is 18.2 Å². The van der Waals surface area contributed by atoms with Crippen molar-refractivity contribution < 1.29 is 14.3 Å². The van der Waals surface area contributed by atoms with Crippen LogP contribution < -0.4 is 0 Å². The second-order valence-corrected chi connectivity index (χ2v) is 3.99. The van der Waals surface area contributed by atoms with E-state index in [1.54, 1.807) is 37.6 Å². The van der Waals surface area contributed by atoms with Gasteiger partial charge in [0.2, 0.25) is 0 Å². The first-order valence-electron chi connectivity index (χ1n) is 5.58. The van der Waals surface area contributed by atoms with Crippen LogP contribution in [0.5, 0.6) is 0 Å². The molecule has 0 saturated carbocycles. The minimum Gasteiger partial charge on any atom is -0.504 e. The number of rotatable bonds is 2. The SMILES string of the molecule is COC=C1CC(=C=O)N(C(=O)c2ccccc2)C1. The lowest BCUT2D eigenvalue weighted by Gasteiger charge is -2.14. The van der Waals surface area contributed by atoms with E-state index in [0.29, 0.717) is 24.2 Å².